The van der Waals surface area contributed by atoms with Crippen LogP contribution in [-0.2, 0) is 18.2 Å². The van der Waals surface area contributed by atoms with Gasteiger partial charge in [0.25, 0.3) is 0 Å². The van der Waals surface area contributed by atoms with E-state index in [1.54, 1.807) is 18.2 Å². The van der Waals surface area contributed by atoms with Crippen molar-refractivity contribution in [3.8, 4) is 5.75 Å². The zero-order valence-corrected chi connectivity index (χ0v) is 8.82. The molecule has 15 heavy (non-hydrogen) atoms. The lowest BCUT2D eigenvalue weighted by molar-refractivity contribution is 0.271. The minimum Gasteiger partial charge on any atom is -0.393 e. The van der Waals surface area contributed by atoms with Crippen LogP contribution < -0.4 is 9.72 Å². The normalized spacial score (nSPS) is 12.3. The lowest BCUT2D eigenvalue weighted by atomic mass is 10.3. The number of rotatable bonds is 4. The summed E-state index contributed by atoms with van der Waals surface area (Å²) in [6.07, 6.45) is 0. The third-order valence-corrected chi connectivity index (χ3v) is 3.99. The highest BCUT2D eigenvalue weighted by Crippen LogP contribution is 2.07. The molecule has 0 bridgehead atoms. The van der Waals surface area contributed by atoms with Gasteiger partial charge < -0.3 is 4.84 Å². The highest BCUT2D eigenvalue weighted by Gasteiger charge is 2.27. The van der Waals surface area contributed by atoms with Crippen molar-refractivity contribution < 1.29 is 26.2 Å². The van der Waals surface area contributed by atoms with Gasteiger partial charge in [0.2, 0.25) is 0 Å². The fraction of sp³-hybridized carbons (Fsp3) is 0. The third kappa shape index (κ3) is 3.16. The molecule has 0 atom stereocenters. The van der Waals surface area contributed by atoms with Crippen LogP contribution in [0.2, 0.25) is 0 Å². The second kappa shape index (κ2) is 4.14. The van der Waals surface area contributed by atoms with Crippen molar-refractivity contribution in [1.82, 2.24) is 4.89 Å². The summed E-state index contributed by atoms with van der Waals surface area (Å²) in [6, 6.07) is 7.55. The van der Waals surface area contributed by atoms with E-state index in [1.165, 1.54) is 17.0 Å². The molecule has 0 aliphatic heterocycles. The van der Waals surface area contributed by atoms with Gasteiger partial charge in [0.05, 0.1) is 0 Å². The molecule has 0 aromatic heterocycles. The zero-order valence-electron chi connectivity index (χ0n) is 7.19. The van der Waals surface area contributed by atoms with E-state index in [1.807, 2.05) is 0 Å². The van der Waals surface area contributed by atoms with Gasteiger partial charge in [0.15, 0.2) is 0 Å². The van der Waals surface area contributed by atoms with Crippen molar-refractivity contribution in [2.75, 3.05) is 0 Å². The number of benzene rings is 1. The molecular weight excluding hydrogens is 246 g/mol. The maximum absolute atomic E-state index is 10.8. The predicted molar refractivity (Wildman–Crippen MR) is 50.7 cm³/mol. The minimum absolute atomic E-state index is 0.0877. The fourth-order valence-electron chi connectivity index (χ4n) is 0.631. The number of nitrogens with one attached hydrogen (secondary N) is 1. The standard InChI is InChI=1S/C6H7NO6S2/c8-14(9,15(10,11)12)7-13-6-4-2-1-3-5-6/h1-5,7H,(H,10,11,12). The van der Waals surface area contributed by atoms with Gasteiger partial charge in [-0.15, -0.1) is 0 Å². The van der Waals surface area contributed by atoms with Crippen molar-refractivity contribution in [1.29, 1.82) is 0 Å². The summed E-state index contributed by atoms with van der Waals surface area (Å²) < 4.78 is 50.4. The number of hydrogen-bond acceptors (Lipinski definition) is 5. The van der Waals surface area contributed by atoms with Crippen LogP contribution in [0.4, 0.5) is 0 Å². The first kappa shape index (κ1) is 11.9. The van der Waals surface area contributed by atoms with Crippen LogP contribution in [0.5, 0.6) is 5.75 Å². The average molecular weight is 253 g/mol. The van der Waals surface area contributed by atoms with Crippen molar-refractivity contribution in [2.45, 2.75) is 0 Å². The molecule has 0 amide bonds. The Labute approximate surface area is 85.8 Å². The van der Waals surface area contributed by atoms with Gasteiger partial charge in [-0.05, 0) is 17.0 Å². The van der Waals surface area contributed by atoms with Gasteiger partial charge in [-0.1, -0.05) is 18.2 Å². The Kier molecular flexibility index (Phi) is 3.29. The van der Waals surface area contributed by atoms with Crippen LogP contribution in [0.1, 0.15) is 0 Å². The third-order valence-electron chi connectivity index (χ3n) is 1.28. The molecule has 0 fully saturated rings. The lowest BCUT2D eigenvalue weighted by Gasteiger charge is -2.04. The van der Waals surface area contributed by atoms with Crippen LogP contribution in [-0.4, -0.2) is 21.4 Å². The molecule has 0 saturated heterocycles. The van der Waals surface area contributed by atoms with Gasteiger partial charge in [-0.3, -0.25) is 4.55 Å². The van der Waals surface area contributed by atoms with Gasteiger partial charge >= 0.3 is 18.2 Å². The second-order valence-electron chi connectivity index (χ2n) is 2.38. The first-order chi connectivity index (χ1) is 6.83. The highest BCUT2D eigenvalue weighted by molar-refractivity contribution is 8.64. The minimum atomic E-state index is -5.24. The number of hydrogen-bond donors (Lipinski definition) is 2. The molecule has 0 unspecified atom stereocenters. The van der Waals surface area contributed by atoms with Crippen molar-refractivity contribution >= 4 is 18.2 Å². The molecular formula is C6H7NO6S2. The molecule has 0 spiro atoms. The van der Waals surface area contributed by atoms with Gasteiger partial charge in [0.1, 0.15) is 5.75 Å². The zero-order chi connectivity index (χ0) is 11.5. The number of para-hydroxylation sites is 1. The molecule has 0 aliphatic carbocycles. The Bertz CT molecular complexity index is 520. The summed E-state index contributed by atoms with van der Waals surface area (Å²) in [4.78, 5) is 5.67. The molecule has 1 aromatic carbocycles. The SMILES string of the molecule is O=S(=O)(O)S(=O)(=O)NOc1ccccc1. The molecule has 0 aliphatic rings. The smallest absolute Gasteiger partial charge is 0.389 e. The maximum atomic E-state index is 10.8. The van der Waals surface area contributed by atoms with Gasteiger partial charge in [-0.2, -0.15) is 16.8 Å². The molecule has 1 aromatic rings. The van der Waals surface area contributed by atoms with E-state index in [9.17, 15) is 16.8 Å². The van der Waals surface area contributed by atoms with Crippen LogP contribution in [0.3, 0.4) is 0 Å². The Morgan fingerprint density at radius 1 is 1.07 bits per heavy atom. The largest absolute Gasteiger partial charge is 0.393 e. The maximum Gasteiger partial charge on any atom is 0.389 e. The molecule has 9 heteroatoms. The summed E-state index contributed by atoms with van der Waals surface area (Å²) in [6.45, 7) is 0. The summed E-state index contributed by atoms with van der Waals surface area (Å²) in [5.74, 6) is 0.0877. The summed E-state index contributed by atoms with van der Waals surface area (Å²) in [5, 5.41) is 0. The van der Waals surface area contributed by atoms with Crippen molar-refractivity contribution in [3.63, 3.8) is 0 Å². The van der Waals surface area contributed by atoms with E-state index < -0.39 is 18.2 Å². The Balaban J connectivity index is 2.76. The lowest BCUT2D eigenvalue weighted by Crippen LogP contribution is -2.33. The average Bonchev–Trinajstić information content (AvgIpc) is 2.15. The van der Waals surface area contributed by atoms with Gasteiger partial charge in [-0.25, -0.2) is 0 Å². The van der Waals surface area contributed by atoms with Gasteiger partial charge in [0, 0.05) is 0 Å². The highest BCUT2D eigenvalue weighted by atomic mass is 33.2. The first-order valence-electron chi connectivity index (χ1n) is 3.54. The first-order valence-corrected chi connectivity index (χ1v) is 6.98. The van der Waals surface area contributed by atoms with Crippen LogP contribution >= 0.6 is 0 Å². The molecule has 84 valence electrons. The summed E-state index contributed by atoms with van der Waals surface area (Å²) >= 11 is 0. The monoisotopic (exact) mass is 253 g/mol. The molecule has 0 radical (unpaired) electrons. The van der Waals surface area contributed by atoms with E-state index in [2.05, 4.69) is 4.84 Å². The Morgan fingerprint density at radius 3 is 2.07 bits per heavy atom. The van der Waals surface area contributed by atoms with Crippen molar-refractivity contribution in [2.24, 2.45) is 0 Å². The van der Waals surface area contributed by atoms with E-state index in [4.69, 9.17) is 4.55 Å². The van der Waals surface area contributed by atoms with E-state index >= 15 is 0 Å². The molecule has 2 N–H and O–H groups in total. The van der Waals surface area contributed by atoms with Crippen LogP contribution in [0.15, 0.2) is 30.3 Å². The molecule has 0 heterocycles. The Morgan fingerprint density at radius 2 is 1.60 bits per heavy atom. The van der Waals surface area contributed by atoms with Crippen LogP contribution in [0.25, 0.3) is 0 Å². The predicted octanol–water partition coefficient (Wildman–Crippen LogP) is -0.297. The van der Waals surface area contributed by atoms with E-state index in [0.29, 0.717) is 0 Å². The van der Waals surface area contributed by atoms with E-state index in [0.717, 1.165) is 0 Å². The Hall–Kier alpha value is -1.16. The fourth-order valence-corrected chi connectivity index (χ4v) is 1.27. The molecule has 7 nitrogen and oxygen atoms in total. The summed E-state index contributed by atoms with van der Waals surface area (Å²) in [7, 11) is -10.2. The quantitative estimate of drug-likeness (QED) is 0.433. The topological polar surface area (TPSA) is 110 Å². The molecule has 0 saturated carbocycles. The van der Waals surface area contributed by atoms with E-state index in [-0.39, 0.29) is 5.75 Å². The second-order valence-corrected chi connectivity index (χ2v) is 6.89. The van der Waals surface area contributed by atoms with Crippen molar-refractivity contribution in [3.05, 3.63) is 30.3 Å². The summed E-state index contributed by atoms with van der Waals surface area (Å²) in [5.41, 5.74) is 0. The van der Waals surface area contributed by atoms with Crippen LogP contribution in [0, 0.1) is 0 Å². The molecule has 1 rings (SSSR count).